The number of nitrogens with two attached hydrogens (primary N) is 1. The molecule has 1 heterocycles. The summed E-state index contributed by atoms with van der Waals surface area (Å²) < 4.78 is 5.23. The van der Waals surface area contributed by atoms with E-state index in [2.05, 4.69) is 4.98 Å². The van der Waals surface area contributed by atoms with Gasteiger partial charge < -0.3 is 15.5 Å². The number of rotatable bonds is 4. The molecule has 1 saturated carbocycles. The third-order valence-corrected chi connectivity index (χ3v) is 5.19. The van der Waals surface area contributed by atoms with E-state index in [0.717, 1.165) is 19.3 Å². The number of H-pyrrole nitrogens is 1. The molecule has 7 heteroatoms. The van der Waals surface area contributed by atoms with E-state index >= 15 is 0 Å². The predicted molar refractivity (Wildman–Crippen MR) is 96.9 cm³/mol. The van der Waals surface area contributed by atoms with E-state index in [1.165, 1.54) is 0 Å². The van der Waals surface area contributed by atoms with Crippen LogP contribution in [-0.2, 0) is 10.3 Å². The van der Waals surface area contributed by atoms with Gasteiger partial charge in [-0.25, -0.2) is 4.79 Å². The molecule has 0 unspecified atom stereocenters. The van der Waals surface area contributed by atoms with Crippen LogP contribution >= 0.6 is 34.8 Å². The van der Waals surface area contributed by atoms with Crippen molar-refractivity contribution in [2.24, 2.45) is 5.73 Å². The highest BCUT2D eigenvalue weighted by Crippen LogP contribution is 2.45. The summed E-state index contributed by atoms with van der Waals surface area (Å²) >= 11 is 18.6. The van der Waals surface area contributed by atoms with E-state index in [9.17, 15) is 4.79 Å². The maximum absolute atomic E-state index is 12.6. The molecule has 1 aliphatic carbocycles. The van der Waals surface area contributed by atoms with Gasteiger partial charge >= 0.3 is 5.97 Å². The number of ether oxygens (including phenoxy) is 1. The van der Waals surface area contributed by atoms with Crippen molar-refractivity contribution in [3.8, 4) is 11.1 Å². The standard InChI is InChI=1S/C17H17Cl3N2O2/c1-2-24-16(23)14-10(8-22-15(14)17(21)4-3-5-17)13-11(19)6-9(18)7-12(13)20/h6-8,22H,2-5,21H2,1H3. The molecule has 1 fully saturated rings. The average molecular weight is 388 g/mol. The Kier molecular flexibility index (Phi) is 4.85. The van der Waals surface area contributed by atoms with Gasteiger partial charge in [0.05, 0.1) is 33.4 Å². The predicted octanol–water partition coefficient (Wildman–Crippen LogP) is 5.16. The first kappa shape index (κ1) is 17.6. The lowest BCUT2D eigenvalue weighted by molar-refractivity contribution is 0.0521. The van der Waals surface area contributed by atoms with Crippen LogP contribution in [0, 0.1) is 0 Å². The summed E-state index contributed by atoms with van der Waals surface area (Å²) in [6.07, 6.45) is 4.34. The molecule has 0 radical (unpaired) electrons. The number of aromatic nitrogens is 1. The average Bonchev–Trinajstić information content (AvgIpc) is 2.89. The summed E-state index contributed by atoms with van der Waals surface area (Å²) in [5, 5.41) is 1.16. The van der Waals surface area contributed by atoms with E-state index in [1.807, 2.05) is 0 Å². The topological polar surface area (TPSA) is 68.1 Å². The molecule has 1 aliphatic rings. The molecule has 4 nitrogen and oxygen atoms in total. The number of hydrogen-bond acceptors (Lipinski definition) is 3. The van der Waals surface area contributed by atoms with Crippen molar-refractivity contribution in [3.63, 3.8) is 0 Å². The second-order valence-electron chi connectivity index (χ2n) is 5.93. The summed E-state index contributed by atoms with van der Waals surface area (Å²) in [5.41, 5.74) is 8.05. The number of aromatic amines is 1. The molecule has 0 bridgehead atoms. The Labute approximate surface area is 155 Å². The summed E-state index contributed by atoms with van der Waals surface area (Å²) in [6, 6.07) is 3.18. The van der Waals surface area contributed by atoms with Crippen molar-refractivity contribution in [1.82, 2.24) is 4.98 Å². The van der Waals surface area contributed by atoms with Crippen molar-refractivity contribution in [2.75, 3.05) is 6.61 Å². The van der Waals surface area contributed by atoms with Crippen molar-refractivity contribution in [3.05, 3.63) is 44.7 Å². The van der Waals surface area contributed by atoms with Crippen LogP contribution < -0.4 is 5.73 Å². The third kappa shape index (κ3) is 2.93. The Balaban J connectivity index is 2.20. The number of benzene rings is 1. The van der Waals surface area contributed by atoms with Gasteiger partial charge in [-0.15, -0.1) is 0 Å². The molecule has 2 aromatic rings. The lowest BCUT2D eigenvalue weighted by Gasteiger charge is -2.38. The van der Waals surface area contributed by atoms with Crippen LogP contribution in [0.2, 0.25) is 15.1 Å². The molecule has 3 N–H and O–H groups in total. The Morgan fingerprint density at radius 2 is 1.92 bits per heavy atom. The fourth-order valence-electron chi connectivity index (χ4n) is 3.04. The Hall–Kier alpha value is -1.20. The number of carbonyl (C=O) groups is 1. The molecule has 0 atom stereocenters. The number of nitrogens with one attached hydrogen (secondary N) is 1. The highest BCUT2D eigenvalue weighted by Gasteiger charge is 2.40. The number of halogens is 3. The molecule has 1 aromatic heterocycles. The Bertz CT molecular complexity index is 774. The summed E-state index contributed by atoms with van der Waals surface area (Å²) in [7, 11) is 0. The van der Waals surface area contributed by atoms with Crippen LogP contribution in [0.3, 0.4) is 0 Å². The first-order valence-corrected chi connectivity index (χ1v) is 8.83. The normalized spacial score (nSPS) is 15.9. The van der Waals surface area contributed by atoms with Gasteiger partial charge in [-0.3, -0.25) is 0 Å². The number of esters is 1. The van der Waals surface area contributed by atoms with Gasteiger partial charge in [-0.2, -0.15) is 0 Å². The molecule has 3 rings (SSSR count). The first-order valence-electron chi connectivity index (χ1n) is 7.70. The van der Waals surface area contributed by atoms with Gasteiger partial charge in [-0.05, 0) is 38.3 Å². The van der Waals surface area contributed by atoms with Crippen LogP contribution in [0.15, 0.2) is 18.3 Å². The highest BCUT2D eigenvalue weighted by molar-refractivity contribution is 6.42. The van der Waals surface area contributed by atoms with Gasteiger partial charge in [-0.1, -0.05) is 34.8 Å². The molecule has 24 heavy (non-hydrogen) atoms. The van der Waals surface area contributed by atoms with Crippen molar-refractivity contribution in [2.45, 2.75) is 31.7 Å². The Morgan fingerprint density at radius 1 is 1.29 bits per heavy atom. The van der Waals surface area contributed by atoms with Crippen molar-refractivity contribution in [1.29, 1.82) is 0 Å². The molecule has 0 spiro atoms. The molecule has 1 aromatic carbocycles. The van der Waals surface area contributed by atoms with Crippen LogP contribution in [0.4, 0.5) is 0 Å². The zero-order valence-electron chi connectivity index (χ0n) is 13.1. The Morgan fingerprint density at radius 3 is 2.42 bits per heavy atom. The van der Waals surface area contributed by atoms with Gasteiger partial charge in [0.25, 0.3) is 0 Å². The SMILES string of the molecule is CCOC(=O)c1c(-c2c(Cl)cc(Cl)cc2Cl)c[nH]c1C1(N)CCC1. The highest BCUT2D eigenvalue weighted by atomic mass is 35.5. The molecule has 0 amide bonds. The summed E-state index contributed by atoms with van der Waals surface area (Å²) in [5.74, 6) is -0.442. The van der Waals surface area contributed by atoms with Gasteiger partial charge in [0.2, 0.25) is 0 Å². The second kappa shape index (κ2) is 6.60. The minimum Gasteiger partial charge on any atom is -0.462 e. The van der Waals surface area contributed by atoms with E-state index in [4.69, 9.17) is 45.3 Å². The van der Waals surface area contributed by atoms with Gasteiger partial charge in [0.1, 0.15) is 0 Å². The van der Waals surface area contributed by atoms with E-state index in [0.29, 0.717) is 37.5 Å². The summed E-state index contributed by atoms with van der Waals surface area (Å²) in [6.45, 7) is 2.02. The molecular weight excluding hydrogens is 371 g/mol. The van der Waals surface area contributed by atoms with Crippen LogP contribution in [0.5, 0.6) is 0 Å². The number of carbonyl (C=O) groups excluding carboxylic acids is 1. The fraction of sp³-hybridized carbons (Fsp3) is 0.353. The monoisotopic (exact) mass is 386 g/mol. The summed E-state index contributed by atoms with van der Waals surface area (Å²) in [4.78, 5) is 15.7. The minimum absolute atomic E-state index is 0.266. The molecule has 128 valence electrons. The minimum atomic E-state index is -0.550. The first-order chi connectivity index (χ1) is 11.4. The molecular formula is C17H17Cl3N2O2. The van der Waals surface area contributed by atoms with Crippen LogP contribution in [0.1, 0.15) is 42.2 Å². The maximum atomic E-state index is 12.6. The smallest absolute Gasteiger partial charge is 0.340 e. The van der Waals surface area contributed by atoms with Crippen molar-refractivity contribution < 1.29 is 9.53 Å². The van der Waals surface area contributed by atoms with Crippen LogP contribution in [0.25, 0.3) is 11.1 Å². The van der Waals surface area contributed by atoms with Crippen molar-refractivity contribution >= 4 is 40.8 Å². The van der Waals surface area contributed by atoms with E-state index in [1.54, 1.807) is 25.3 Å². The van der Waals surface area contributed by atoms with E-state index < -0.39 is 11.5 Å². The zero-order chi connectivity index (χ0) is 17.5. The lowest BCUT2D eigenvalue weighted by atomic mass is 9.74. The quantitative estimate of drug-likeness (QED) is 0.712. The van der Waals surface area contributed by atoms with E-state index in [-0.39, 0.29) is 6.61 Å². The second-order valence-corrected chi connectivity index (χ2v) is 7.18. The lowest BCUT2D eigenvalue weighted by Crippen LogP contribution is -2.44. The third-order valence-electron chi connectivity index (χ3n) is 4.38. The van der Waals surface area contributed by atoms with Gasteiger partial charge in [0, 0.05) is 22.3 Å². The molecule has 0 aliphatic heterocycles. The fourth-order valence-corrected chi connectivity index (χ4v) is 4.06. The number of hydrogen-bond donors (Lipinski definition) is 2. The van der Waals surface area contributed by atoms with Gasteiger partial charge in [0.15, 0.2) is 0 Å². The zero-order valence-corrected chi connectivity index (χ0v) is 15.4. The largest absolute Gasteiger partial charge is 0.462 e. The van der Waals surface area contributed by atoms with Crippen LogP contribution in [-0.4, -0.2) is 17.6 Å². The maximum Gasteiger partial charge on any atom is 0.340 e. The molecule has 0 saturated heterocycles.